The van der Waals surface area contributed by atoms with Crippen molar-refractivity contribution in [2.24, 2.45) is 0 Å². The van der Waals surface area contributed by atoms with Gasteiger partial charge in [0.05, 0.1) is 50.0 Å². The van der Waals surface area contributed by atoms with E-state index >= 15 is 0 Å². The normalized spacial score (nSPS) is 15.2. The van der Waals surface area contributed by atoms with E-state index in [2.05, 4.69) is 246 Å². The number of para-hydroxylation sites is 3. The second kappa shape index (κ2) is 13.3. The molecule has 0 atom stereocenters. The Kier molecular flexibility index (Phi) is 7.35. The van der Waals surface area contributed by atoms with Crippen LogP contribution in [-0.2, 0) is 10.8 Å². The van der Waals surface area contributed by atoms with E-state index in [1.54, 1.807) is 0 Å². The highest BCUT2D eigenvalue weighted by Gasteiger charge is 2.54. The van der Waals surface area contributed by atoms with Crippen molar-refractivity contribution >= 4 is 62.8 Å². The van der Waals surface area contributed by atoms with E-state index in [0.29, 0.717) is 5.02 Å². The third-order valence-electron chi connectivity index (χ3n) is 15.4. The molecule has 2 aliphatic carbocycles. The van der Waals surface area contributed by atoms with Gasteiger partial charge in [0.1, 0.15) is 0 Å². The zero-order valence-corrected chi connectivity index (χ0v) is 37.3. The molecule has 0 radical (unpaired) electrons. The van der Waals surface area contributed by atoms with Crippen LogP contribution in [0.3, 0.4) is 0 Å². The first-order valence-electron chi connectivity index (χ1n) is 23.2. The molecule has 0 saturated carbocycles. The summed E-state index contributed by atoms with van der Waals surface area (Å²) in [7, 11) is 0. The number of fused-ring (bicyclic) bond motifs is 24. The van der Waals surface area contributed by atoms with Crippen LogP contribution in [0.1, 0.15) is 50.1 Å². The fraction of sp³-hybridized carbons (Fsp3) is 0.0476. The summed E-state index contributed by atoms with van der Waals surface area (Å²) < 4.78 is 0. The Balaban J connectivity index is 1.10. The first kappa shape index (κ1) is 37.1. The topological polar surface area (TPSA) is 9.72 Å². The number of hydrogen-bond acceptors (Lipinski definition) is 3. The van der Waals surface area contributed by atoms with Gasteiger partial charge in [0.15, 0.2) is 0 Å². The summed E-state index contributed by atoms with van der Waals surface area (Å²) >= 11 is 8.23. The molecule has 10 aromatic carbocycles. The molecule has 15 rings (SSSR count). The third kappa shape index (κ3) is 4.53. The van der Waals surface area contributed by atoms with Crippen LogP contribution in [-0.4, -0.2) is 0 Å². The first-order chi connectivity index (χ1) is 33.1. The molecule has 4 heteroatoms. The molecule has 3 nitrogen and oxygen atoms in total. The van der Waals surface area contributed by atoms with Crippen LogP contribution in [0.25, 0.3) is 22.3 Å². The summed E-state index contributed by atoms with van der Waals surface area (Å²) in [4.78, 5) is 7.36. The van der Waals surface area contributed by atoms with Crippen molar-refractivity contribution < 1.29 is 0 Å². The van der Waals surface area contributed by atoms with Crippen LogP contribution >= 0.6 is 11.6 Å². The Labute approximate surface area is 395 Å². The number of aryl methyl sites for hydroxylation is 1. The zero-order valence-electron chi connectivity index (χ0n) is 36.6. The molecule has 5 aliphatic rings. The van der Waals surface area contributed by atoms with E-state index in [9.17, 15) is 0 Å². The Hall–Kier alpha value is -8.11. The highest BCUT2D eigenvalue weighted by atomic mass is 35.5. The van der Waals surface area contributed by atoms with Gasteiger partial charge in [0.25, 0.3) is 0 Å². The summed E-state index contributed by atoms with van der Waals surface area (Å²) in [6.07, 6.45) is 0. The van der Waals surface area contributed by atoms with Crippen molar-refractivity contribution in [3.05, 3.63) is 280 Å². The van der Waals surface area contributed by atoms with E-state index in [-0.39, 0.29) is 0 Å². The Morgan fingerprint density at radius 3 is 1.04 bits per heavy atom. The van der Waals surface area contributed by atoms with Gasteiger partial charge in [-0.15, -0.1) is 0 Å². The average Bonchev–Trinajstić information content (AvgIpc) is 3.84. The summed E-state index contributed by atoms with van der Waals surface area (Å²) in [6, 6.07) is 83.8. The van der Waals surface area contributed by atoms with Crippen LogP contribution in [0, 0.1) is 6.92 Å². The summed E-state index contributed by atoms with van der Waals surface area (Å²) in [5, 5.41) is 0.690. The predicted octanol–water partition coefficient (Wildman–Crippen LogP) is 16.7. The first-order valence-corrected chi connectivity index (χ1v) is 23.6. The molecule has 6 bridgehead atoms. The van der Waals surface area contributed by atoms with Crippen molar-refractivity contribution in [1.82, 2.24) is 0 Å². The maximum absolute atomic E-state index is 8.23. The van der Waals surface area contributed by atoms with Gasteiger partial charge in [0, 0.05) is 17.1 Å². The van der Waals surface area contributed by atoms with Crippen LogP contribution in [0.5, 0.6) is 0 Å². The number of anilines is 9. The van der Waals surface area contributed by atoms with Gasteiger partial charge in [-0.05, 0) is 140 Å². The standard InChI is InChI=1S/C63H40ClN3/c1-39-35-59-61(64)60(36-39)67-56-30-16-14-28-52(56)63(49-25-11-7-21-45(49)46-22-8-12-26-50(46)63)54-34-32-42(38-58(54)67)65(40-17-3-2-4-18-40)41-31-33-53-57(37-41)66(59)55-29-15-13-27-51(55)62(53)47-23-9-5-19-43(47)44-20-6-10-24-48(44)62/h2-38H,1H3. The maximum atomic E-state index is 8.23. The van der Waals surface area contributed by atoms with E-state index in [4.69, 9.17) is 11.6 Å². The lowest BCUT2D eigenvalue weighted by molar-refractivity contribution is 0.751. The lowest BCUT2D eigenvalue weighted by Crippen LogP contribution is -2.37. The molecular formula is C63H40ClN3. The van der Waals surface area contributed by atoms with Gasteiger partial charge < -0.3 is 14.7 Å². The maximum Gasteiger partial charge on any atom is 0.0887 e. The fourth-order valence-electron chi connectivity index (χ4n) is 13.1. The molecule has 0 amide bonds. The monoisotopic (exact) mass is 873 g/mol. The molecule has 67 heavy (non-hydrogen) atoms. The molecule has 0 aromatic heterocycles. The van der Waals surface area contributed by atoms with Crippen molar-refractivity contribution in [3.63, 3.8) is 0 Å². The van der Waals surface area contributed by atoms with Gasteiger partial charge in [-0.3, -0.25) is 0 Å². The number of halogens is 1. The van der Waals surface area contributed by atoms with E-state index in [1.807, 2.05) is 0 Å². The highest BCUT2D eigenvalue weighted by molar-refractivity contribution is 6.37. The Morgan fingerprint density at radius 1 is 0.284 bits per heavy atom. The van der Waals surface area contributed by atoms with Crippen LogP contribution in [0.4, 0.5) is 51.2 Å². The summed E-state index contributed by atoms with van der Waals surface area (Å²) in [5.41, 5.74) is 24.6. The minimum absolute atomic E-state index is 0.579. The van der Waals surface area contributed by atoms with Gasteiger partial charge in [-0.25, -0.2) is 0 Å². The minimum atomic E-state index is -0.579. The third-order valence-corrected chi connectivity index (χ3v) is 15.8. The Morgan fingerprint density at radius 2 is 0.627 bits per heavy atom. The molecule has 0 saturated heterocycles. The minimum Gasteiger partial charge on any atom is -0.310 e. The molecule has 10 aromatic rings. The van der Waals surface area contributed by atoms with Crippen molar-refractivity contribution in [3.8, 4) is 22.3 Å². The van der Waals surface area contributed by atoms with E-state index in [0.717, 1.165) is 56.7 Å². The lowest BCUT2D eigenvalue weighted by Gasteiger charge is -2.47. The average molecular weight is 874 g/mol. The SMILES string of the molecule is Cc1cc2c(Cl)c(c1)N1c3ccccc3C3(c4ccccc4-c4ccccc43)c3ccc(cc31)N(c1ccccc1)c1ccc3c(c1)N2c1ccccc1C31c2ccccc2-c2ccccc21. The molecule has 0 unspecified atom stereocenters. The molecule has 3 aliphatic heterocycles. The largest absolute Gasteiger partial charge is 0.310 e. The second-order valence-electron chi connectivity index (χ2n) is 18.6. The number of hydrogen-bond donors (Lipinski definition) is 0. The molecule has 3 heterocycles. The second-order valence-corrected chi connectivity index (χ2v) is 19.0. The number of benzene rings is 10. The predicted molar refractivity (Wildman–Crippen MR) is 276 cm³/mol. The number of rotatable bonds is 1. The number of nitrogens with zero attached hydrogens (tertiary/aromatic N) is 3. The summed E-state index contributed by atoms with van der Waals surface area (Å²) in [6.45, 7) is 2.21. The van der Waals surface area contributed by atoms with Gasteiger partial charge in [0.2, 0.25) is 0 Å². The lowest BCUT2D eigenvalue weighted by atomic mass is 9.64. The van der Waals surface area contributed by atoms with Crippen LogP contribution in [0.15, 0.2) is 224 Å². The molecule has 0 fully saturated rings. The highest BCUT2D eigenvalue weighted by Crippen LogP contribution is 2.67. The Bertz CT molecular complexity index is 3460. The molecule has 0 N–H and O–H groups in total. The van der Waals surface area contributed by atoms with Crippen LogP contribution in [0.2, 0.25) is 5.02 Å². The molecular weight excluding hydrogens is 834 g/mol. The molecule has 2 spiro atoms. The fourth-order valence-corrected chi connectivity index (χ4v) is 13.4. The van der Waals surface area contributed by atoms with Gasteiger partial charge in [-0.2, -0.15) is 0 Å². The van der Waals surface area contributed by atoms with Gasteiger partial charge in [-0.1, -0.05) is 175 Å². The van der Waals surface area contributed by atoms with Crippen molar-refractivity contribution in [2.75, 3.05) is 14.7 Å². The van der Waals surface area contributed by atoms with Gasteiger partial charge >= 0.3 is 0 Å². The molecule has 314 valence electrons. The van der Waals surface area contributed by atoms with E-state index < -0.39 is 10.8 Å². The summed E-state index contributed by atoms with van der Waals surface area (Å²) in [5.74, 6) is 0. The quantitative estimate of drug-likeness (QED) is 0.163. The smallest absolute Gasteiger partial charge is 0.0887 e. The van der Waals surface area contributed by atoms with E-state index in [1.165, 1.54) is 66.8 Å². The van der Waals surface area contributed by atoms with Crippen molar-refractivity contribution in [2.45, 2.75) is 17.8 Å². The van der Waals surface area contributed by atoms with Crippen LogP contribution < -0.4 is 14.7 Å². The zero-order chi connectivity index (χ0) is 44.2. The van der Waals surface area contributed by atoms with Crippen molar-refractivity contribution in [1.29, 1.82) is 0 Å².